The zero-order chi connectivity index (χ0) is 22.2. The second-order valence-electron chi connectivity index (χ2n) is 8.43. The molecule has 0 radical (unpaired) electrons. The number of hydrogen-bond acceptors (Lipinski definition) is 7. The van der Waals surface area contributed by atoms with Gasteiger partial charge in [-0.1, -0.05) is 19.3 Å². The number of hydrogen-bond donors (Lipinski definition) is 4. The van der Waals surface area contributed by atoms with Crippen molar-refractivity contribution in [1.29, 1.82) is 0 Å². The third kappa shape index (κ3) is 6.81. The molecule has 1 aromatic rings. The topological polar surface area (TPSA) is 128 Å². The number of nitrogens with zero attached hydrogens (tertiary/aromatic N) is 2. The molecule has 2 fully saturated rings. The van der Waals surface area contributed by atoms with E-state index >= 15 is 0 Å². The molecule has 1 aliphatic heterocycles. The van der Waals surface area contributed by atoms with Crippen molar-refractivity contribution in [3.8, 4) is 11.5 Å². The summed E-state index contributed by atoms with van der Waals surface area (Å²) in [4.78, 5) is 34.1. The van der Waals surface area contributed by atoms with E-state index in [0.717, 1.165) is 13.1 Å². The quantitative estimate of drug-likeness (QED) is 0.430. The highest BCUT2D eigenvalue weighted by Crippen LogP contribution is 2.24. The van der Waals surface area contributed by atoms with Crippen molar-refractivity contribution in [1.82, 2.24) is 15.3 Å². The molecule has 1 aliphatic carbocycles. The molecular weight excluding hydrogens is 400 g/mol. The number of primary amides is 1. The number of phenols is 2. The molecule has 1 saturated heterocycles. The summed E-state index contributed by atoms with van der Waals surface area (Å²) in [6, 6.07) is 4.14. The fraction of sp³-hybridized carbons (Fsp3) is 0.636. The number of nitrogens with one attached hydrogen (secondary N) is 1. The van der Waals surface area contributed by atoms with Crippen LogP contribution in [0.4, 0.5) is 0 Å². The van der Waals surface area contributed by atoms with E-state index in [2.05, 4.69) is 10.4 Å². The normalized spacial score (nSPS) is 19.3. The maximum absolute atomic E-state index is 13.1. The predicted octanol–water partition coefficient (Wildman–Crippen LogP) is 1.23. The number of rotatable bonds is 9. The van der Waals surface area contributed by atoms with Gasteiger partial charge in [0.2, 0.25) is 11.8 Å². The number of aromatic hydroxyl groups is 2. The Balaban J connectivity index is 1.52. The molecule has 31 heavy (non-hydrogen) atoms. The van der Waals surface area contributed by atoms with Crippen molar-refractivity contribution >= 4 is 11.8 Å². The number of amides is 2. The number of benzene rings is 1. The standard InChI is InChI=1S/C22H34N4O5/c23-21(29)9-8-19(24-31-15-16-6-7-18(27)14-20(16)28)22(30)26-12-10-25(11-13-26)17-4-2-1-3-5-17/h6-7,14,17,19,24,27-28H,1-5,8-13,15H2,(H2,23,29)/t19-/m0/s1. The van der Waals surface area contributed by atoms with E-state index < -0.39 is 11.9 Å². The molecule has 172 valence electrons. The fourth-order valence-corrected chi connectivity index (χ4v) is 4.39. The molecule has 0 aromatic heterocycles. The first-order chi connectivity index (χ1) is 14.9. The molecule has 2 amide bonds. The van der Waals surface area contributed by atoms with Crippen LogP contribution in [-0.2, 0) is 21.0 Å². The predicted molar refractivity (Wildman–Crippen MR) is 115 cm³/mol. The summed E-state index contributed by atoms with van der Waals surface area (Å²) >= 11 is 0. The fourth-order valence-electron chi connectivity index (χ4n) is 4.39. The molecule has 9 heteroatoms. The number of piperazine rings is 1. The lowest BCUT2D eigenvalue weighted by Gasteiger charge is -2.41. The van der Waals surface area contributed by atoms with Crippen molar-refractivity contribution in [2.45, 2.75) is 63.6 Å². The molecule has 1 saturated carbocycles. The lowest BCUT2D eigenvalue weighted by Crippen LogP contribution is -2.56. The second kappa shape index (κ2) is 11.3. The van der Waals surface area contributed by atoms with Crippen molar-refractivity contribution in [2.24, 2.45) is 5.73 Å². The van der Waals surface area contributed by atoms with Crippen LogP contribution in [0.5, 0.6) is 11.5 Å². The van der Waals surface area contributed by atoms with E-state index in [1.54, 1.807) is 0 Å². The van der Waals surface area contributed by atoms with Crippen molar-refractivity contribution < 1.29 is 24.6 Å². The van der Waals surface area contributed by atoms with E-state index in [4.69, 9.17) is 10.6 Å². The Labute approximate surface area is 183 Å². The second-order valence-corrected chi connectivity index (χ2v) is 8.43. The van der Waals surface area contributed by atoms with E-state index in [1.807, 2.05) is 4.90 Å². The van der Waals surface area contributed by atoms with Gasteiger partial charge in [-0.15, -0.1) is 0 Å². The first kappa shape index (κ1) is 23.3. The van der Waals surface area contributed by atoms with Crippen molar-refractivity contribution in [3.63, 3.8) is 0 Å². The summed E-state index contributed by atoms with van der Waals surface area (Å²) in [6.45, 7) is 3.04. The third-order valence-corrected chi connectivity index (χ3v) is 6.22. The van der Waals surface area contributed by atoms with Crippen LogP contribution in [0, 0.1) is 0 Å². The molecule has 0 bridgehead atoms. The Kier molecular flexibility index (Phi) is 8.51. The Morgan fingerprint density at radius 1 is 1.13 bits per heavy atom. The van der Waals surface area contributed by atoms with E-state index in [-0.39, 0.29) is 36.9 Å². The minimum absolute atomic E-state index is 0.00191. The molecular formula is C22H34N4O5. The number of carbonyl (C=O) groups is 2. The van der Waals surface area contributed by atoms with E-state index in [9.17, 15) is 19.8 Å². The number of nitrogens with two attached hydrogens (primary N) is 1. The zero-order valence-electron chi connectivity index (χ0n) is 18.0. The van der Waals surface area contributed by atoms with Crippen molar-refractivity contribution in [2.75, 3.05) is 26.2 Å². The molecule has 0 spiro atoms. The monoisotopic (exact) mass is 434 g/mol. The average Bonchev–Trinajstić information content (AvgIpc) is 2.77. The highest BCUT2D eigenvalue weighted by atomic mass is 16.6. The summed E-state index contributed by atoms with van der Waals surface area (Å²) in [5, 5.41) is 19.2. The average molecular weight is 435 g/mol. The first-order valence-corrected chi connectivity index (χ1v) is 11.1. The first-order valence-electron chi connectivity index (χ1n) is 11.1. The van der Waals surface area contributed by atoms with Gasteiger partial charge in [0.05, 0.1) is 6.61 Å². The minimum atomic E-state index is -0.701. The maximum Gasteiger partial charge on any atom is 0.242 e. The van der Waals surface area contributed by atoms with Gasteiger partial charge in [-0.2, -0.15) is 5.48 Å². The Morgan fingerprint density at radius 3 is 2.48 bits per heavy atom. The Hall–Kier alpha value is -2.36. The molecule has 0 unspecified atom stereocenters. The lowest BCUT2D eigenvalue weighted by molar-refractivity contribution is -0.141. The van der Waals surface area contributed by atoms with Gasteiger partial charge in [0, 0.05) is 50.3 Å². The lowest BCUT2D eigenvalue weighted by atomic mass is 9.94. The van der Waals surface area contributed by atoms with Gasteiger partial charge in [-0.25, -0.2) is 0 Å². The van der Waals surface area contributed by atoms with Gasteiger partial charge in [0.25, 0.3) is 0 Å². The molecule has 1 atom stereocenters. The summed E-state index contributed by atoms with van der Waals surface area (Å²) < 4.78 is 0. The molecule has 1 heterocycles. The van der Waals surface area contributed by atoms with Crippen LogP contribution in [0.15, 0.2) is 18.2 Å². The molecule has 5 N–H and O–H groups in total. The van der Waals surface area contributed by atoms with Crippen LogP contribution in [0.2, 0.25) is 0 Å². The van der Waals surface area contributed by atoms with Crippen LogP contribution in [0.3, 0.4) is 0 Å². The highest BCUT2D eigenvalue weighted by molar-refractivity contribution is 5.83. The summed E-state index contributed by atoms with van der Waals surface area (Å²) in [5.41, 5.74) is 8.49. The molecule has 2 aliphatic rings. The zero-order valence-corrected chi connectivity index (χ0v) is 18.0. The van der Waals surface area contributed by atoms with Gasteiger partial charge in [-0.3, -0.25) is 19.3 Å². The largest absolute Gasteiger partial charge is 0.508 e. The van der Waals surface area contributed by atoms with Gasteiger partial charge in [0.1, 0.15) is 17.5 Å². The number of hydroxylamine groups is 1. The minimum Gasteiger partial charge on any atom is -0.508 e. The SMILES string of the molecule is NC(=O)CC[C@H](NOCc1ccc(O)cc1O)C(=O)N1CCN(C2CCCCC2)CC1. The Morgan fingerprint density at radius 2 is 1.84 bits per heavy atom. The molecule has 1 aromatic carbocycles. The van der Waals surface area contributed by atoms with Gasteiger partial charge < -0.3 is 20.8 Å². The maximum atomic E-state index is 13.1. The van der Waals surface area contributed by atoms with Crippen LogP contribution in [0.25, 0.3) is 0 Å². The van der Waals surface area contributed by atoms with Crippen LogP contribution in [-0.4, -0.2) is 70.1 Å². The van der Waals surface area contributed by atoms with Gasteiger partial charge >= 0.3 is 0 Å². The number of phenolic OH excluding ortho intramolecular Hbond substituents is 2. The summed E-state index contributed by atoms with van der Waals surface area (Å²) in [7, 11) is 0. The summed E-state index contributed by atoms with van der Waals surface area (Å²) in [6.07, 6.45) is 6.69. The Bertz CT molecular complexity index is 745. The van der Waals surface area contributed by atoms with Crippen molar-refractivity contribution in [3.05, 3.63) is 23.8 Å². The van der Waals surface area contributed by atoms with Crippen LogP contribution in [0.1, 0.15) is 50.5 Å². The smallest absolute Gasteiger partial charge is 0.242 e. The third-order valence-electron chi connectivity index (χ3n) is 6.22. The van der Waals surface area contributed by atoms with Crippen LogP contribution >= 0.6 is 0 Å². The summed E-state index contributed by atoms with van der Waals surface area (Å²) in [5.74, 6) is -0.728. The molecule has 9 nitrogen and oxygen atoms in total. The van der Waals surface area contributed by atoms with Gasteiger partial charge in [-0.05, 0) is 31.4 Å². The number of carbonyl (C=O) groups excluding carboxylic acids is 2. The highest BCUT2D eigenvalue weighted by Gasteiger charge is 2.30. The van der Waals surface area contributed by atoms with E-state index in [1.165, 1.54) is 50.3 Å². The van der Waals surface area contributed by atoms with Gasteiger partial charge in [0.15, 0.2) is 0 Å². The van der Waals surface area contributed by atoms with Crippen LogP contribution < -0.4 is 11.2 Å². The van der Waals surface area contributed by atoms with E-state index in [0.29, 0.717) is 24.7 Å². The molecule has 3 rings (SSSR count).